The average molecular weight is 647 g/mol. The zero-order valence-electron chi connectivity index (χ0n) is 16.1. The zero-order valence-corrected chi connectivity index (χ0v) is 21.9. The molecule has 0 spiro atoms. The van der Waals surface area contributed by atoms with Crippen LogP contribution < -0.4 is 0 Å². The van der Waals surface area contributed by atoms with Gasteiger partial charge in [0.2, 0.25) is 0 Å². The first-order chi connectivity index (χ1) is 13.5. The fourth-order valence-corrected chi connectivity index (χ4v) is 2.01. The van der Waals surface area contributed by atoms with Crippen LogP contribution in [-0.2, 0) is 72.8 Å². The van der Waals surface area contributed by atoms with E-state index in [1.54, 1.807) is 48.5 Å². The van der Waals surface area contributed by atoms with Gasteiger partial charge in [0.25, 0.3) is 11.9 Å². The van der Waals surface area contributed by atoms with Crippen LogP contribution in [0.5, 0.6) is 0 Å². The van der Waals surface area contributed by atoms with Crippen LogP contribution in [0, 0.1) is 25.3 Å². The summed E-state index contributed by atoms with van der Waals surface area (Å²) in [5, 5.41) is 0. The number of benzene rings is 2. The molecule has 30 heavy (non-hydrogen) atoms. The average Bonchev–Trinajstić information content (AvgIpc) is 3.30. The molecule has 0 aliphatic carbocycles. The van der Waals surface area contributed by atoms with Crippen LogP contribution in [0.1, 0.15) is 28.8 Å². The minimum absolute atomic E-state index is 0. The molecule has 2 aromatic rings. The van der Waals surface area contributed by atoms with E-state index in [4.69, 9.17) is 0 Å². The molecule has 0 atom stereocenters. The van der Waals surface area contributed by atoms with E-state index >= 15 is 0 Å². The van der Waals surface area contributed by atoms with E-state index in [1.165, 1.54) is 13.2 Å². The Hall–Kier alpha value is -1.68. The Morgan fingerprint density at radius 3 is 1.33 bits per heavy atom. The minimum atomic E-state index is -0.292. The Morgan fingerprint density at radius 2 is 1.13 bits per heavy atom. The molecule has 0 amide bonds. The number of hydrogen-bond acceptors (Lipinski definition) is 5. The number of carbonyl (C=O) groups is 3. The van der Waals surface area contributed by atoms with Crippen LogP contribution in [0.2, 0.25) is 0 Å². The van der Waals surface area contributed by atoms with Gasteiger partial charge in [0.05, 0.1) is 0 Å². The summed E-state index contributed by atoms with van der Waals surface area (Å²) in [5.41, 5.74) is 2.46. The SMILES string of the molecule is C=C1C[CH-]OC1=O.C=C1C[CH-]OC1=O.O=C(c1cc[c-]cc1)c1cc[c-]cc1.[W+2].[Y]. The number of carbonyl (C=O) groups excluding carboxylic acids is 3. The Morgan fingerprint density at radius 1 is 0.800 bits per heavy atom. The fourth-order valence-electron chi connectivity index (χ4n) is 2.01. The molecule has 2 heterocycles. The van der Waals surface area contributed by atoms with Crippen molar-refractivity contribution >= 4 is 17.7 Å². The van der Waals surface area contributed by atoms with Gasteiger partial charge in [-0.25, -0.2) is 9.59 Å². The Bertz CT molecular complexity index is 766. The first kappa shape index (κ1) is 28.3. The zero-order chi connectivity index (χ0) is 20.4. The number of cyclic esters (lactones) is 2. The van der Waals surface area contributed by atoms with E-state index in [9.17, 15) is 14.4 Å². The summed E-state index contributed by atoms with van der Waals surface area (Å²) in [5.74, 6) is -0.548. The van der Waals surface area contributed by atoms with E-state index in [2.05, 4.69) is 34.8 Å². The van der Waals surface area contributed by atoms with Crippen molar-refractivity contribution in [2.75, 3.05) is 0 Å². The standard InChI is InChI=1S/C13H8O.2C5H5O2.W.Y/c14-13(11-7-3-1-4-8-11)12-9-5-2-6-10-12;2*1-4-2-3-7-5(4)6;;/h3-10H;2*3H,1-2H2;;/q-2;2*-1;+2;. The first-order valence-electron chi connectivity index (χ1n) is 8.37. The molecule has 2 aromatic carbocycles. The molecule has 2 saturated heterocycles. The van der Waals surface area contributed by atoms with Crippen molar-refractivity contribution in [3.63, 3.8) is 0 Å². The van der Waals surface area contributed by atoms with Gasteiger partial charge in [-0.05, 0) is 0 Å². The van der Waals surface area contributed by atoms with Crippen molar-refractivity contribution in [3.8, 4) is 0 Å². The van der Waals surface area contributed by atoms with Crippen molar-refractivity contribution in [1.29, 1.82) is 0 Å². The number of rotatable bonds is 2. The van der Waals surface area contributed by atoms with Gasteiger partial charge in [-0.15, -0.1) is 12.8 Å². The summed E-state index contributed by atoms with van der Waals surface area (Å²) < 4.78 is 8.80. The van der Waals surface area contributed by atoms with Crippen LogP contribution in [0.25, 0.3) is 0 Å². The van der Waals surface area contributed by atoms with Crippen molar-refractivity contribution in [1.82, 2.24) is 0 Å². The Kier molecular flexibility index (Phi) is 14.3. The number of ether oxygens (including phenoxy) is 2. The third-order valence-corrected chi connectivity index (χ3v) is 3.58. The molecule has 7 heteroatoms. The second kappa shape index (κ2) is 15.2. The second-order valence-electron chi connectivity index (χ2n) is 5.67. The predicted octanol–water partition coefficient (Wildman–Crippen LogP) is 3.82. The molecule has 1 radical (unpaired) electrons. The topological polar surface area (TPSA) is 69.7 Å². The molecular weight excluding hydrogens is 629 g/mol. The number of ketones is 1. The van der Waals surface area contributed by atoms with Gasteiger partial charge in [-0.3, -0.25) is 4.79 Å². The molecule has 151 valence electrons. The van der Waals surface area contributed by atoms with Crippen molar-refractivity contribution in [2.24, 2.45) is 0 Å². The predicted molar refractivity (Wildman–Crippen MR) is 102 cm³/mol. The molecule has 0 saturated carbocycles. The molecule has 4 rings (SSSR count). The molecule has 5 nitrogen and oxygen atoms in total. The number of esters is 2. The summed E-state index contributed by atoms with van der Waals surface area (Å²) in [4.78, 5) is 32.3. The van der Waals surface area contributed by atoms with Crippen LogP contribution >= 0.6 is 0 Å². The van der Waals surface area contributed by atoms with Gasteiger partial charge in [0.15, 0.2) is 0 Å². The number of hydrogen-bond donors (Lipinski definition) is 0. The monoisotopic (exact) mass is 647 g/mol. The smallest absolute Gasteiger partial charge is 0.633 e. The van der Waals surface area contributed by atoms with E-state index in [0.29, 0.717) is 35.1 Å². The quantitative estimate of drug-likeness (QED) is 0.215. The summed E-state index contributed by atoms with van der Waals surface area (Å²) in [6.07, 6.45) is 1.16. The van der Waals surface area contributed by atoms with Gasteiger partial charge in [-0.2, -0.15) is 73.9 Å². The van der Waals surface area contributed by atoms with E-state index in [-0.39, 0.29) is 71.5 Å². The molecule has 2 aliphatic rings. The van der Waals surface area contributed by atoms with E-state index < -0.39 is 0 Å². The molecule has 0 N–H and O–H groups in total. The fraction of sp³-hybridized carbons (Fsp3) is 0.0870. The summed E-state index contributed by atoms with van der Waals surface area (Å²) in [6.45, 7) is 9.76. The normalized spacial score (nSPS) is 13.9. The van der Waals surface area contributed by atoms with Gasteiger partial charge in [-0.1, -0.05) is 24.3 Å². The van der Waals surface area contributed by atoms with E-state index in [0.717, 1.165) is 0 Å². The van der Waals surface area contributed by atoms with Crippen LogP contribution in [0.15, 0.2) is 72.8 Å². The van der Waals surface area contributed by atoms with Crippen molar-refractivity contribution < 1.29 is 77.6 Å². The van der Waals surface area contributed by atoms with Crippen LogP contribution in [0.3, 0.4) is 0 Å². The van der Waals surface area contributed by atoms with Crippen molar-refractivity contribution in [3.05, 3.63) is 109 Å². The van der Waals surface area contributed by atoms with Crippen LogP contribution in [-0.4, -0.2) is 17.7 Å². The third kappa shape index (κ3) is 9.42. The maximum Gasteiger partial charge on any atom is 2.00 e. The third-order valence-electron chi connectivity index (χ3n) is 3.58. The van der Waals surface area contributed by atoms with Gasteiger partial charge < -0.3 is 9.47 Å². The summed E-state index contributed by atoms with van der Waals surface area (Å²) >= 11 is 0. The molecule has 0 aromatic heterocycles. The van der Waals surface area contributed by atoms with Gasteiger partial charge in [0, 0.05) is 43.9 Å². The van der Waals surface area contributed by atoms with Gasteiger partial charge >= 0.3 is 21.1 Å². The van der Waals surface area contributed by atoms with Crippen molar-refractivity contribution in [2.45, 2.75) is 12.8 Å². The largest absolute Gasteiger partial charge is 2.00 e. The molecule has 2 aliphatic heterocycles. The molecule has 0 bridgehead atoms. The molecular formula is C23H18O5WY-2. The Balaban J connectivity index is 0.000000448. The summed E-state index contributed by atoms with van der Waals surface area (Å²) in [7, 11) is 0. The maximum atomic E-state index is 11.8. The van der Waals surface area contributed by atoms with E-state index in [1.807, 2.05) is 0 Å². The molecule has 0 unspecified atom stereocenters. The Labute approximate surface area is 216 Å². The second-order valence-corrected chi connectivity index (χ2v) is 5.67. The minimum Gasteiger partial charge on any atom is -0.633 e. The van der Waals surface area contributed by atoms with Crippen LogP contribution in [0.4, 0.5) is 0 Å². The summed E-state index contributed by atoms with van der Waals surface area (Å²) in [6, 6.07) is 19.8. The molecule has 2 fully saturated rings. The van der Waals surface area contributed by atoms with Gasteiger partial charge in [0.1, 0.15) is 5.78 Å². The maximum absolute atomic E-state index is 11.8. The first-order valence-corrected chi connectivity index (χ1v) is 8.37.